The Balaban J connectivity index is 1.38. The maximum absolute atomic E-state index is 12.7. The van der Waals surface area contributed by atoms with Gasteiger partial charge in [-0.25, -0.2) is 0 Å². The third-order valence-corrected chi connectivity index (χ3v) is 6.86. The van der Waals surface area contributed by atoms with Crippen molar-refractivity contribution >= 4 is 11.0 Å². The summed E-state index contributed by atoms with van der Waals surface area (Å²) in [5.74, 6) is -1.55. The summed E-state index contributed by atoms with van der Waals surface area (Å²) < 4.78 is 27.6. The monoisotopic (exact) mass is 580 g/mol. The SMILES string of the molecule is O=c1cc(-c2ccc(O)c(O)c2)oc2cc(OC3OC(CO)C(OC4OCC(O)C(O)C4O)C(O)C3O)cc(O)c12. The second kappa shape index (κ2) is 11.4. The topological polar surface area (TPSA) is 249 Å². The molecule has 2 fully saturated rings. The molecular formula is C26H28O15. The summed E-state index contributed by atoms with van der Waals surface area (Å²) in [6.07, 6.45) is -14.2. The van der Waals surface area contributed by atoms with Gasteiger partial charge in [0.25, 0.3) is 0 Å². The van der Waals surface area contributed by atoms with Crippen LogP contribution in [-0.4, -0.2) is 114 Å². The molecule has 41 heavy (non-hydrogen) atoms. The van der Waals surface area contributed by atoms with Gasteiger partial charge >= 0.3 is 0 Å². The molecule has 0 saturated carbocycles. The first kappa shape index (κ1) is 29.0. The Kier molecular flexibility index (Phi) is 8.06. The van der Waals surface area contributed by atoms with E-state index in [0.717, 1.165) is 12.1 Å². The molecule has 1 aromatic heterocycles. The molecule has 0 amide bonds. The summed E-state index contributed by atoms with van der Waals surface area (Å²) in [6, 6.07) is 7.08. The van der Waals surface area contributed by atoms with Gasteiger partial charge in [0.15, 0.2) is 23.2 Å². The molecule has 3 heterocycles. The smallest absolute Gasteiger partial charge is 0.229 e. The van der Waals surface area contributed by atoms with Crippen LogP contribution in [0.1, 0.15) is 0 Å². The number of hydrogen-bond acceptors (Lipinski definition) is 15. The lowest BCUT2D eigenvalue weighted by molar-refractivity contribution is -0.339. The summed E-state index contributed by atoms with van der Waals surface area (Å²) in [7, 11) is 0. The van der Waals surface area contributed by atoms with Gasteiger partial charge < -0.3 is 69.3 Å². The molecule has 15 nitrogen and oxygen atoms in total. The second-order valence-electron chi connectivity index (χ2n) is 9.67. The number of aliphatic hydroxyl groups excluding tert-OH is 6. The van der Waals surface area contributed by atoms with Crippen LogP contribution in [0.25, 0.3) is 22.3 Å². The molecule has 9 N–H and O–H groups in total. The Morgan fingerprint density at radius 1 is 0.829 bits per heavy atom. The fourth-order valence-corrected chi connectivity index (χ4v) is 4.64. The van der Waals surface area contributed by atoms with Crippen molar-refractivity contribution in [2.24, 2.45) is 0 Å². The van der Waals surface area contributed by atoms with E-state index >= 15 is 0 Å². The average molecular weight is 580 g/mol. The van der Waals surface area contributed by atoms with Crippen LogP contribution in [0.15, 0.2) is 45.6 Å². The first-order valence-corrected chi connectivity index (χ1v) is 12.4. The fraction of sp³-hybridized carbons (Fsp3) is 0.423. The lowest BCUT2D eigenvalue weighted by Gasteiger charge is -2.44. The molecule has 2 saturated heterocycles. The van der Waals surface area contributed by atoms with Crippen LogP contribution in [-0.2, 0) is 14.2 Å². The van der Waals surface area contributed by atoms with Crippen molar-refractivity contribution in [3.63, 3.8) is 0 Å². The van der Waals surface area contributed by atoms with Crippen LogP contribution in [0.4, 0.5) is 0 Å². The van der Waals surface area contributed by atoms with Gasteiger partial charge in [-0.2, -0.15) is 0 Å². The predicted octanol–water partition coefficient (Wildman–Crippen LogP) is -1.78. The zero-order valence-electron chi connectivity index (χ0n) is 21.0. The number of hydrogen-bond donors (Lipinski definition) is 9. The molecule has 222 valence electrons. The minimum absolute atomic E-state index is 0.0104. The van der Waals surface area contributed by atoms with Crippen molar-refractivity contribution < 1.29 is 69.3 Å². The average Bonchev–Trinajstić information content (AvgIpc) is 2.93. The Bertz CT molecular complexity index is 1450. The Morgan fingerprint density at radius 2 is 1.56 bits per heavy atom. The molecule has 2 aliphatic rings. The fourth-order valence-electron chi connectivity index (χ4n) is 4.64. The lowest BCUT2D eigenvalue weighted by atomic mass is 9.98. The van der Waals surface area contributed by atoms with Crippen molar-refractivity contribution in [3.05, 3.63) is 46.6 Å². The number of rotatable bonds is 6. The van der Waals surface area contributed by atoms with E-state index < -0.39 is 78.8 Å². The third kappa shape index (κ3) is 5.54. The molecule has 0 radical (unpaired) electrons. The lowest BCUT2D eigenvalue weighted by Crippen LogP contribution is -2.63. The summed E-state index contributed by atoms with van der Waals surface area (Å²) >= 11 is 0. The van der Waals surface area contributed by atoms with Crippen molar-refractivity contribution in [1.29, 1.82) is 0 Å². The summed E-state index contributed by atoms with van der Waals surface area (Å²) in [5, 5.41) is 90.6. The maximum atomic E-state index is 12.7. The highest BCUT2D eigenvalue weighted by Crippen LogP contribution is 2.35. The Hall–Kier alpha value is -3.51. The van der Waals surface area contributed by atoms with Crippen LogP contribution in [0.3, 0.4) is 0 Å². The van der Waals surface area contributed by atoms with Gasteiger partial charge in [-0.05, 0) is 18.2 Å². The van der Waals surface area contributed by atoms with Crippen LogP contribution in [0.2, 0.25) is 0 Å². The number of phenolic OH excluding ortho intramolecular Hbond substituents is 3. The molecule has 15 heteroatoms. The first-order chi connectivity index (χ1) is 19.5. The molecule has 2 aromatic carbocycles. The summed E-state index contributed by atoms with van der Waals surface area (Å²) in [4.78, 5) is 12.7. The first-order valence-electron chi connectivity index (χ1n) is 12.4. The molecule has 3 aromatic rings. The van der Waals surface area contributed by atoms with Crippen molar-refractivity contribution in [1.82, 2.24) is 0 Å². The van der Waals surface area contributed by atoms with Crippen molar-refractivity contribution in [2.45, 2.75) is 55.3 Å². The molecular weight excluding hydrogens is 552 g/mol. The molecule has 0 bridgehead atoms. The summed E-state index contributed by atoms with van der Waals surface area (Å²) in [6.45, 7) is -1.13. The highest BCUT2D eigenvalue weighted by atomic mass is 16.7. The summed E-state index contributed by atoms with van der Waals surface area (Å²) in [5.41, 5.74) is -0.539. The van der Waals surface area contributed by atoms with E-state index in [1.54, 1.807) is 0 Å². The van der Waals surface area contributed by atoms with Crippen LogP contribution >= 0.6 is 0 Å². The van der Waals surface area contributed by atoms with E-state index in [1.165, 1.54) is 24.3 Å². The normalized spacial score (nSPS) is 32.2. The van der Waals surface area contributed by atoms with Crippen LogP contribution in [0.5, 0.6) is 23.0 Å². The van der Waals surface area contributed by atoms with Gasteiger partial charge in [-0.15, -0.1) is 0 Å². The highest BCUT2D eigenvalue weighted by molar-refractivity contribution is 5.86. The van der Waals surface area contributed by atoms with E-state index in [-0.39, 0.29) is 40.4 Å². The van der Waals surface area contributed by atoms with E-state index in [0.29, 0.717) is 0 Å². The second-order valence-corrected chi connectivity index (χ2v) is 9.67. The van der Waals surface area contributed by atoms with E-state index in [2.05, 4.69) is 0 Å². The molecule has 9 unspecified atom stereocenters. The number of benzene rings is 2. The van der Waals surface area contributed by atoms with Gasteiger partial charge in [0.05, 0.1) is 13.2 Å². The standard InChI is InChI=1S/C26H28O15/c27-7-18-24(41-25-22(35)20(33)15(32)8-37-25)21(34)23(36)26(40-18)38-10-4-13(30)19-14(31)6-16(39-17(19)5-10)9-1-2-11(28)12(29)3-9/h1-6,15,18,20-30,32-36H,7-8H2. The van der Waals surface area contributed by atoms with E-state index in [1.807, 2.05) is 0 Å². The van der Waals surface area contributed by atoms with Crippen molar-refractivity contribution in [2.75, 3.05) is 13.2 Å². The number of aromatic hydroxyl groups is 3. The van der Waals surface area contributed by atoms with Crippen LogP contribution in [0, 0.1) is 0 Å². The van der Waals surface area contributed by atoms with Gasteiger partial charge in [-0.1, -0.05) is 0 Å². The highest BCUT2D eigenvalue weighted by Gasteiger charge is 2.49. The van der Waals surface area contributed by atoms with Gasteiger partial charge in [-0.3, -0.25) is 4.79 Å². The minimum Gasteiger partial charge on any atom is -0.507 e. The minimum atomic E-state index is -1.81. The molecule has 5 rings (SSSR count). The van der Waals surface area contributed by atoms with E-state index in [9.17, 15) is 50.8 Å². The number of fused-ring (bicyclic) bond motifs is 1. The number of phenols is 3. The molecule has 0 aliphatic carbocycles. The van der Waals surface area contributed by atoms with Gasteiger partial charge in [0.1, 0.15) is 71.0 Å². The predicted molar refractivity (Wildman–Crippen MR) is 134 cm³/mol. The number of ether oxygens (including phenoxy) is 4. The molecule has 0 spiro atoms. The maximum Gasteiger partial charge on any atom is 0.229 e. The zero-order valence-corrected chi connectivity index (χ0v) is 21.0. The van der Waals surface area contributed by atoms with Crippen LogP contribution < -0.4 is 10.2 Å². The Morgan fingerprint density at radius 3 is 2.27 bits per heavy atom. The van der Waals surface area contributed by atoms with Gasteiger partial charge in [0.2, 0.25) is 6.29 Å². The quantitative estimate of drug-likeness (QED) is 0.146. The van der Waals surface area contributed by atoms with Gasteiger partial charge in [0, 0.05) is 23.8 Å². The number of aliphatic hydroxyl groups is 6. The van der Waals surface area contributed by atoms with Crippen molar-refractivity contribution in [3.8, 4) is 34.3 Å². The molecule has 2 aliphatic heterocycles. The zero-order chi connectivity index (χ0) is 29.6. The Labute approximate surface area is 230 Å². The van der Waals surface area contributed by atoms with E-state index in [4.69, 9.17) is 23.4 Å². The third-order valence-electron chi connectivity index (χ3n) is 6.86. The largest absolute Gasteiger partial charge is 0.507 e. The molecule has 9 atom stereocenters.